The van der Waals surface area contributed by atoms with E-state index < -0.39 is 15.9 Å². The van der Waals surface area contributed by atoms with Gasteiger partial charge in [-0.2, -0.15) is 0 Å². The number of carbonyl (C=O) groups is 1. The van der Waals surface area contributed by atoms with E-state index in [1.165, 1.54) is 11.3 Å². The summed E-state index contributed by atoms with van der Waals surface area (Å²) in [5.74, 6) is -0.0932. The Morgan fingerprint density at radius 2 is 1.81 bits per heavy atom. The van der Waals surface area contributed by atoms with Crippen LogP contribution in [-0.4, -0.2) is 72.1 Å². The molecule has 0 saturated carbocycles. The molecule has 1 saturated heterocycles. The van der Waals surface area contributed by atoms with Crippen molar-refractivity contribution in [3.05, 3.63) is 57.3 Å². The molecule has 0 unspecified atom stereocenters. The first-order valence-corrected chi connectivity index (χ1v) is 14.7. The van der Waals surface area contributed by atoms with Gasteiger partial charge in [-0.25, -0.2) is 8.42 Å². The third kappa shape index (κ3) is 6.18. The lowest BCUT2D eigenvalue weighted by Gasteiger charge is -2.31. The fourth-order valence-corrected chi connectivity index (χ4v) is 7.01. The molecule has 36 heavy (non-hydrogen) atoms. The van der Waals surface area contributed by atoms with Gasteiger partial charge in [-0.15, -0.1) is 11.3 Å². The van der Waals surface area contributed by atoms with Gasteiger partial charge >= 0.3 is 0 Å². The van der Waals surface area contributed by atoms with Crippen LogP contribution in [0.4, 0.5) is 0 Å². The third-order valence-electron chi connectivity index (χ3n) is 6.51. The number of fused-ring (bicyclic) bond motifs is 1. The molecular formula is C25H30ClN3O5S2. The predicted molar refractivity (Wildman–Crippen MR) is 141 cm³/mol. The standard InChI is InChI=1S/C25H30ClN3O5S2/c1-28-14-23(35-25(28)27-21(15-30)16-31)17-6-9-29(10-7-17)24(32)8-11-36(33,34)22-5-3-18-12-20(26)4-2-19(18)13-22/h2-5,12-14,17,21,30-31H,6-11,15-16H2,1H3/b27-25-. The zero-order valence-corrected chi connectivity index (χ0v) is 22.4. The van der Waals surface area contributed by atoms with Crippen molar-refractivity contribution in [2.45, 2.75) is 36.1 Å². The molecule has 0 radical (unpaired) electrons. The van der Waals surface area contributed by atoms with Crippen LogP contribution in [0, 0.1) is 0 Å². The number of aryl methyl sites for hydroxylation is 1. The zero-order chi connectivity index (χ0) is 25.9. The summed E-state index contributed by atoms with van der Waals surface area (Å²) in [6.45, 7) is 0.722. The summed E-state index contributed by atoms with van der Waals surface area (Å²) >= 11 is 7.54. The van der Waals surface area contributed by atoms with E-state index in [0.29, 0.717) is 18.1 Å². The summed E-state index contributed by atoms with van der Waals surface area (Å²) < 4.78 is 27.7. The molecule has 1 aliphatic rings. The lowest BCUT2D eigenvalue weighted by atomic mass is 9.95. The largest absolute Gasteiger partial charge is 0.394 e. The SMILES string of the molecule is Cn1cc(C2CCN(C(=O)CCS(=O)(=O)c3ccc4cc(Cl)ccc4c3)CC2)s/c1=N\C(CO)CO. The molecule has 2 N–H and O–H groups in total. The molecule has 0 atom stereocenters. The molecule has 4 rings (SSSR count). The number of aliphatic hydroxyl groups is 2. The fourth-order valence-electron chi connectivity index (χ4n) is 4.35. The number of aromatic nitrogens is 1. The van der Waals surface area contributed by atoms with Gasteiger partial charge in [0, 0.05) is 42.7 Å². The van der Waals surface area contributed by atoms with Crippen molar-refractivity contribution in [3.8, 4) is 0 Å². The summed E-state index contributed by atoms with van der Waals surface area (Å²) in [4.78, 5) is 21.0. The Labute approximate surface area is 219 Å². The van der Waals surface area contributed by atoms with Gasteiger partial charge < -0.3 is 19.7 Å². The highest BCUT2D eigenvalue weighted by atomic mass is 35.5. The van der Waals surface area contributed by atoms with Gasteiger partial charge in [-0.1, -0.05) is 23.7 Å². The monoisotopic (exact) mass is 551 g/mol. The van der Waals surface area contributed by atoms with E-state index in [-0.39, 0.29) is 42.1 Å². The number of hydrogen-bond donors (Lipinski definition) is 2. The van der Waals surface area contributed by atoms with E-state index in [1.807, 2.05) is 17.8 Å². The first kappa shape index (κ1) is 26.8. The number of halogens is 1. The summed E-state index contributed by atoms with van der Waals surface area (Å²) in [5.41, 5.74) is 0. The first-order valence-electron chi connectivity index (χ1n) is 11.8. The minimum atomic E-state index is -3.59. The fraction of sp³-hybridized carbons (Fsp3) is 0.440. The average Bonchev–Trinajstić information content (AvgIpc) is 3.25. The van der Waals surface area contributed by atoms with Crippen LogP contribution < -0.4 is 4.80 Å². The number of carbonyl (C=O) groups excluding carboxylic acids is 1. The second kappa shape index (κ2) is 11.4. The van der Waals surface area contributed by atoms with Crippen LogP contribution in [-0.2, 0) is 21.7 Å². The summed E-state index contributed by atoms with van der Waals surface area (Å²) in [5, 5.41) is 20.8. The van der Waals surface area contributed by atoms with Crippen LogP contribution >= 0.6 is 22.9 Å². The zero-order valence-electron chi connectivity index (χ0n) is 20.0. The van der Waals surface area contributed by atoms with Crippen molar-refractivity contribution in [3.63, 3.8) is 0 Å². The molecule has 11 heteroatoms. The topological polar surface area (TPSA) is 112 Å². The third-order valence-corrected chi connectivity index (χ3v) is 9.71. The minimum absolute atomic E-state index is 0.0493. The molecule has 1 amide bonds. The van der Waals surface area contributed by atoms with Crippen LogP contribution in [0.25, 0.3) is 10.8 Å². The van der Waals surface area contributed by atoms with Crippen LogP contribution in [0.15, 0.2) is 52.5 Å². The molecule has 2 aromatic carbocycles. The molecule has 3 aromatic rings. The predicted octanol–water partition coefficient (Wildman–Crippen LogP) is 2.72. The normalized spacial score (nSPS) is 15.8. The molecule has 194 valence electrons. The summed E-state index contributed by atoms with van der Waals surface area (Å²) in [7, 11) is -1.71. The minimum Gasteiger partial charge on any atom is -0.394 e. The lowest BCUT2D eigenvalue weighted by molar-refractivity contribution is -0.131. The Morgan fingerprint density at radius 3 is 2.50 bits per heavy atom. The quantitative estimate of drug-likeness (QED) is 0.447. The molecule has 0 spiro atoms. The van der Waals surface area contributed by atoms with Crippen molar-refractivity contribution in [1.29, 1.82) is 0 Å². The Kier molecular flexibility index (Phi) is 8.52. The average molecular weight is 552 g/mol. The molecule has 1 aromatic heterocycles. The molecule has 2 heterocycles. The van der Waals surface area contributed by atoms with Gasteiger partial charge in [-0.05, 0) is 53.8 Å². The van der Waals surface area contributed by atoms with Gasteiger partial charge in [0.1, 0.15) is 0 Å². The smallest absolute Gasteiger partial charge is 0.223 e. The van der Waals surface area contributed by atoms with E-state index >= 15 is 0 Å². The second-order valence-corrected chi connectivity index (χ2v) is 12.6. The Hall–Kier alpha value is -2.24. The second-order valence-electron chi connectivity index (χ2n) is 9.05. The number of rotatable bonds is 8. The Bertz CT molecular complexity index is 1400. The van der Waals surface area contributed by atoms with Crippen molar-refractivity contribution < 1.29 is 23.4 Å². The van der Waals surface area contributed by atoms with E-state index in [9.17, 15) is 23.4 Å². The van der Waals surface area contributed by atoms with E-state index in [0.717, 1.165) is 33.3 Å². The number of thiazole rings is 1. The van der Waals surface area contributed by atoms with Crippen molar-refractivity contribution >= 4 is 49.5 Å². The number of benzene rings is 2. The van der Waals surface area contributed by atoms with Crippen LogP contribution in [0.5, 0.6) is 0 Å². The number of nitrogens with zero attached hydrogens (tertiary/aromatic N) is 3. The number of piperidine rings is 1. The molecule has 8 nitrogen and oxygen atoms in total. The van der Waals surface area contributed by atoms with E-state index in [1.54, 1.807) is 41.3 Å². The Balaban J connectivity index is 1.34. The van der Waals surface area contributed by atoms with Gasteiger partial charge in [-0.3, -0.25) is 9.79 Å². The lowest BCUT2D eigenvalue weighted by Crippen LogP contribution is -2.38. The van der Waals surface area contributed by atoms with E-state index in [2.05, 4.69) is 4.99 Å². The maximum Gasteiger partial charge on any atom is 0.223 e. The molecule has 0 aliphatic carbocycles. The number of sulfone groups is 1. The van der Waals surface area contributed by atoms with Gasteiger partial charge in [0.05, 0.1) is 29.9 Å². The van der Waals surface area contributed by atoms with Crippen molar-refractivity contribution in [2.24, 2.45) is 12.0 Å². The van der Waals surface area contributed by atoms with Crippen LogP contribution in [0.1, 0.15) is 30.1 Å². The molecular weight excluding hydrogens is 522 g/mol. The van der Waals surface area contributed by atoms with Gasteiger partial charge in [0.25, 0.3) is 0 Å². The summed E-state index contributed by atoms with van der Waals surface area (Å²) in [6.07, 6.45) is 3.54. The number of amides is 1. The Morgan fingerprint density at radius 1 is 1.14 bits per heavy atom. The van der Waals surface area contributed by atoms with Crippen LogP contribution in [0.2, 0.25) is 5.02 Å². The maximum absolute atomic E-state index is 12.9. The van der Waals surface area contributed by atoms with Gasteiger partial charge in [0.15, 0.2) is 14.6 Å². The maximum atomic E-state index is 12.9. The van der Waals surface area contributed by atoms with Crippen molar-refractivity contribution in [1.82, 2.24) is 9.47 Å². The van der Waals surface area contributed by atoms with Gasteiger partial charge in [0.2, 0.25) is 5.91 Å². The number of likely N-dealkylation sites (tertiary alicyclic amines) is 1. The number of hydrogen-bond acceptors (Lipinski definition) is 7. The highest BCUT2D eigenvalue weighted by Gasteiger charge is 2.26. The number of aliphatic hydroxyl groups excluding tert-OH is 2. The van der Waals surface area contributed by atoms with Crippen LogP contribution in [0.3, 0.4) is 0 Å². The molecule has 1 aliphatic heterocycles. The van der Waals surface area contributed by atoms with E-state index in [4.69, 9.17) is 11.6 Å². The molecule has 0 bridgehead atoms. The highest BCUT2D eigenvalue weighted by Crippen LogP contribution is 2.30. The summed E-state index contributed by atoms with van der Waals surface area (Å²) in [6, 6.07) is 9.68. The van der Waals surface area contributed by atoms with Crippen molar-refractivity contribution in [2.75, 3.05) is 32.1 Å². The first-order chi connectivity index (χ1) is 17.2. The molecule has 1 fully saturated rings. The highest BCUT2D eigenvalue weighted by molar-refractivity contribution is 7.91.